The highest BCUT2D eigenvalue weighted by Crippen LogP contribution is 2.39. The predicted molar refractivity (Wildman–Crippen MR) is 165 cm³/mol. The summed E-state index contributed by atoms with van der Waals surface area (Å²) in [6, 6.07) is 18.2. The molecule has 1 aromatic heterocycles. The third-order valence-electron chi connectivity index (χ3n) is 9.12. The largest absolute Gasteiger partial charge is 0.388 e. The lowest BCUT2D eigenvalue weighted by Gasteiger charge is -2.38. The van der Waals surface area contributed by atoms with Gasteiger partial charge in [-0.3, -0.25) is 14.4 Å². The van der Waals surface area contributed by atoms with Crippen LogP contribution in [-0.2, 0) is 0 Å². The first kappa shape index (κ1) is 28.9. The number of nitrogens with two attached hydrogens (primary N) is 1. The molecule has 6 rings (SSSR count). The number of benzene rings is 2. The summed E-state index contributed by atoms with van der Waals surface area (Å²) in [5.74, 6) is 1.07. The van der Waals surface area contributed by atoms with Crippen LogP contribution in [0.4, 0.5) is 11.5 Å². The van der Waals surface area contributed by atoms with Gasteiger partial charge in [0.1, 0.15) is 5.82 Å². The molecule has 2 amide bonds. The molecule has 9 nitrogen and oxygen atoms in total. The van der Waals surface area contributed by atoms with E-state index in [2.05, 4.69) is 20.5 Å². The molecule has 1 saturated heterocycles. The highest BCUT2D eigenvalue weighted by atomic mass is 16.3. The molecule has 0 radical (unpaired) electrons. The van der Waals surface area contributed by atoms with Gasteiger partial charge in [0, 0.05) is 54.6 Å². The highest BCUT2D eigenvalue weighted by molar-refractivity contribution is 6.02. The average molecular weight is 582 g/mol. The Hall–Kier alpha value is -4.24. The van der Waals surface area contributed by atoms with Gasteiger partial charge in [0.05, 0.1) is 11.7 Å². The minimum absolute atomic E-state index is 0.00413. The summed E-state index contributed by atoms with van der Waals surface area (Å²) in [6.45, 7) is 1.64. The fourth-order valence-electron chi connectivity index (χ4n) is 6.59. The molecule has 1 aliphatic heterocycles. The van der Waals surface area contributed by atoms with E-state index in [9.17, 15) is 19.5 Å². The molecule has 43 heavy (non-hydrogen) atoms. The Labute approximate surface area is 251 Å². The number of anilines is 2. The second-order valence-electron chi connectivity index (χ2n) is 12.2. The second kappa shape index (κ2) is 12.6. The van der Waals surface area contributed by atoms with Gasteiger partial charge < -0.3 is 26.4 Å². The van der Waals surface area contributed by atoms with E-state index in [0.29, 0.717) is 34.2 Å². The van der Waals surface area contributed by atoms with E-state index in [-0.39, 0.29) is 30.2 Å². The molecule has 4 atom stereocenters. The Balaban J connectivity index is 1.08. The molecule has 4 unspecified atom stereocenters. The van der Waals surface area contributed by atoms with Gasteiger partial charge in [-0.1, -0.05) is 30.3 Å². The first-order valence-corrected chi connectivity index (χ1v) is 15.3. The first-order chi connectivity index (χ1) is 20.9. The van der Waals surface area contributed by atoms with Crippen molar-refractivity contribution in [1.29, 1.82) is 0 Å². The van der Waals surface area contributed by atoms with E-state index in [1.165, 1.54) is 12.8 Å². The molecule has 2 aromatic carbocycles. The average Bonchev–Trinajstić information content (AvgIpc) is 3.77. The Kier molecular flexibility index (Phi) is 8.42. The number of carbonyl (C=O) groups excluding carboxylic acids is 3. The number of hydrogen-bond acceptors (Lipinski definition) is 7. The second-order valence-corrected chi connectivity index (χ2v) is 12.2. The van der Waals surface area contributed by atoms with Gasteiger partial charge >= 0.3 is 0 Å². The highest BCUT2D eigenvalue weighted by Gasteiger charge is 2.41. The van der Waals surface area contributed by atoms with E-state index in [0.717, 1.165) is 50.2 Å². The van der Waals surface area contributed by atoms with Crippen LogP contribution in [0.2, 0.25) is 0 Å². The van der Waals surface area contributed by atoms with Crippen LogP contribution in [-0.4, -0.2) is 52.9 Å². The van der Waals surface area contributed by atoms with Crippen molar-refractivity contribution in [2.24, 2.45) is 17.6 Å². The SMILES string of the molecule is NC(=O)c1ccc(C(=O)NC2CC3CCCN(c4ccc(C(=O)CC(O)c5ccccc5)cn4)C3C2)cc1NCC1CC1. The Morgan fingerprint density at radius 3 is 2.51 bits per heavy atom. The number of rotatable bonds is 11. The lowest BCUT2D eigenvalue weighted by Crippen LogP contribution is -2.43. The number of fused-ring (bicyclic) bond motifs is 1. The summed E-state index contributed by atoms with van der Waals surface area (Å²) in [6.07, 6.45) is 6.97. The van der Waals surface area contributed by atoms with Crippen molar-refractivity contribution in [3.05, 3.63) is 89.1 Å². The van der Waals surface area contributed by atoms with E-state index in [4.69, 9.17) is 5.73 Å². The van der Waals surface area contributed by atoms with Gasteiger partial charge in [-0.25, -0.2) is 4.98 Å². The van der Waals surface area contributed by atoms with Crippen LogP contribution in [0.25, 0.3) is 0 Å². The number of pyridine rings is 1. The maximum Gasteiger partial charge on any atom is 0.251 e. The topological polar surface area (TPSA) is 138 Å². The molecule has 3 fully saturated rings. The van der Waals surface area contributed by atoms with Crippen LogP contribution in [0.5, 0.6) is 0 Å². The summed E-state index contributed by atoms with van der Waals surface area (Å²) >= 11 is 0. The van der Waals surface area contributed by atoms with E-state index < -0.39 is 12.0 Å². The van der Waals surface area contributed by atoms with Gasteiger partial charge in [0.15, 0.2) is 5.78 Å². The van der Waals surface area contributed by atoms with Crippen LogP contribution < -0.4 is 21.3 Å². The number of amides is 2. The van der Waals surface area contributed by atoms with E-state index >= 15 is 0 Å². The Morgan fingerprint density at radius 2 is 1.79 bits per heavy atom. The molecular formula is C34H39N5O4. The zero-order valence-corrected chi connectivity index (χ0v) is 24.2. The summed E-state index contributed by atoms with van der Waals surface area (Å²) < 4.78 is 0. The number of nitrogens with one attached hydrogen (secondary N) is 2. The number of piperidine rings is 1. The molecule has 5 N–H and O–H groups in total. The molecule has 3 aliphatic rings. The Bertz CT molecular complexity index is 1470. The molecule has 0 spiro atoms. The quantitative estimate of drug-likeness (QED) is 0.245. The van der Waals surface area contributed by atoms with E-state index in [1.54, 1.807) is 30.5 Å². The van der Waals surface area contributed by atoms with Crippen LogP contribution in [0.15, 0.2) is 66.9 Å². The van der Waals surface area contributed by atoms with E-state index in [1.807, 2.05) is 36.4 Å². The van der Waals surface area contributed by atoms with Crippen LogP contribution >= 0.6 is 0 Å². The number of nitrogens with zero attached hydrogens (tertiary/aromatic N) is 2. The lowest BCUT2D eigenvalue weighted by molar-refractivity contribution is 0.0878. The standard InChI is InChI=1S/C34H39N5O4/c35-33(42)27-12-10-24(16-28(27)36-19-21-8-9-21)34(43)38-26-15-23-7-4-14-39(29(23)17-26)32-13-11-25(20-37-32)31(41)18-30(40)22-5-2-1-3-6-22/h1-3,5-6,10-13,16,20-21,23,26,29-30,36,40H,4,7-9,14-15,17-19H2,(H2,35,42)(H,38,43). The Morgan fingerprint density at radius 1 is 1.00 bits per heavy atom. The normalized spacial score (nSPS) is 22.0. The van der Waals surface area contributed by atoms with Gasteiger partial charge in [-0.2, -0.15) is 0 Å². The summed E-state index contributed by atoms with van der Waals surface area (Å²) in [5, 5.41) is 17.0. The van der Waals surface area contributed by atoms with Crippen molar-refractivity contribution in [3.63, 3.8) is 0 Å². The van der Waals surface area contributed by atoms with Gasteiger partial charge in [0.2, 0.25) is 0 Å². The molecule has 2 saturated carbocycles. The summed E-state index contributed by atoms with van der Waals surface area (Å²) in [7, 11) is 0. The molecule has 2 aliphatic carbocycles. The van der Waals surface area contributed by atoms with Crippen LogP contribution in [0.3, 0.4) is 0 Å². The smallest absolute Gasteiger partial charge is 0.251 e. The van der Waals surface area contributed by atoms with Gasteiger partial charge in [-0.15, -0.1) is 0 Å². The minimum Gasteiger partial charge on any atom is -0.388 e. The third kappa shape index (κ3) is 6.72. The fourth-order valence-corrected chi connectivity index (χ4v) is 6.59. The third-order valence-corrected chi connectivity index (χ3v) is 9.12. The zero-order valence-electron chi connectivity index (χ0n) is 24.2. The number of hydrogen-bond donors (Lipinski definition) is 4. The first-order valence-electron chi connectivity index (χ1n) is 15.3. The van der Waals surface area contributed by atoms with Gasteiger partial charge in [-0.05, 0) is 86.3 Å². The number of ketones is 1. The van der Waals surface area contributed by atoms with Crippen molar-refractivity contribution < 1.29 is 19.5 Å². The van der Waals surface area contributed by atoms with Crippen molar-refractivity contribution in [1.82, 2.24) is 10.3 Å². The summed E-state index contributed by atoms with van der Waals surface area (Å²) in [5.41, 5.74) is 8.29. The maximum absolute atomic E-state index is 13.3. The number of Topliss-reactive ketones (excluding diaryl/α,β-unsaturated/α-hetero) is 1. The monoisotopic (exact) mass is 581 g/mol. The minimum atomic E-state index is -0.853. The number of carbonyl (C=O) groups is 3. The molecule has 0 bridgehead atoms. The molecule has 2 heterocycles. The van der Waals surface area contributed by atoms with Gasteiger partial charge in [0.25, 0.3) is 11.8 Å². The van der Waals surface area contributed by atoms with Crippen LogP contribution in [0.1, 0.15) is 87.7 Å². The van der Waals surface area contributed by atoms with Crippen molar-refractivity contribution in [2.45, 2.75) is 63.1 Å². The maximum atomic E-state index is 13.3. The predicted octanol–water partition coefficient (Wildman–Crippen LogP) is 4.49. The number of aliphatic hydroxyl groups is 1. The van der Waals surface area contributed by atoms with Crippen molar-refractivity contribution in [3.8, 4) is 0 Å². The van der Waals surface area contributed by atoms with Crippen molar-refractivity contribution in [2.75, 3.05) is 23.3 Å². The zero-order chi connectivity index (χ0) is 29.9. The number of aliphatic hydroxyl groups excluding tert-OH is 1. The summed E-state index contributed by atoms with van der Waals surface area (Å²) in [4.78, 5) is 45.0. The molecule has 224 valence electrons. The molecule has 9 heteroatoms. The van der Waals surface area contributed by atoms with Crippen LogP contribution in [0, 0.1) is 11.8 Å². The number of primary amides is 1. The lowest BCUT2D eigenvalue weighted by atomic mass is 9.92. The molecular weight excluding hydrogens is 542 g/mol. The number of aromatic nitrogens is 1. The fraction of sp³-hybridized carbons (Fsp3) is 0.412. The molecule has 3 aromatic rings. The van der Waals surface area contributed by atoms with Crippen molar-refractivity contribution >= 4 is 29.1 Å².